The Labute approximate surface area is 198 Å². The summed E-state index contributed by atoms with van der Waals surface area (Å²) in [6.45, 7) is 0. The molecule has 0 amide bonds. The quantitative estimate of drug-likeness (QED) is 0.341. The van der Waals surface area contributed by atoms with Gasteiger partial charge in [0.2, 0.25) is 0 Å². The van der Waals surface area contributed by atoms with E-state index >= 15 is 0 Å². The van der Waals surface area contributed by atoms with Crippen LogP contribution < -0.4 is 5.56 Å². The van der Waals surface area contributed by atoms with Crippen LogP contribution in [0.3, 0.4) is 0 Å². The highest BCUT2D eigenvalue weighted by Crippen LogP contribution is 2.27. The summed E-state index contributed by atoms with van der Waals surface area (Å²) < 4.78 is 8.77. The number of imidazole rings is 1. The lowest BCUT2D eigenvalue weighted by molar-refractivity contribution is 0.572. The Morgan fingerprint density at radius 2 is 1.56 bits per heavy atom. The minimum atomic E-state index is -0.267. The molecule has 0 fully saturated rings. The molecule has 8 heteroatoms. The van der Waals surface area contributed by atoms with Crippen LogP contribution in [0.1, 0.15) is 0 Å². The number of oxazole rings is 1. The second-order valence-corrected chi connectivity index (χ2v) is 8.05. The fourth-order valence-electron chi connectivity index (χ4n) is 3.89. The molecule has 0 aliphatic rings. The van der Waals surface area contributed by atoms with Gasteiger partial charge in [-0.2, -0.15) is 0 Å². The van der Waals surface area contributed by atoms with Gasteiger partial charge in [0.25, 0.3) is 5.56 Å². The zero-order valence-corrected chi connectivity index (χ0v) is 18.4. The molecule has 0 saturated heterocycles. The van der Waals surface area contributed by atoms with Crippen LogP contribution in [0.25, 0.3) is 45.3 Å². The third kappa shape index (κ3) is 3.39. The summed E-state index contributed by atoms with van der Waals surface area (Å²) in [6.07, 6.45) is 4.67. The van der Waals surface area contributed by atoms with Gasteiger partial charge in [0, 0.05) is 21.8 Å². The number of benzene rings is 3. The van der Waals surface area contributed by atoms with Crippen LogP contribution in [0.15, 0.2) is 107 Å². The van der Waals surface area contributed by atoms with Crippen LogP contribution >= 0.6 is 11.6 Å². The third-order valence-corrected chi connectivity index (χ3v) is 5.80. The summed E-state index contributed by atoms with van der Waals surface area (Å²) in [6, 6.07) is 24.4. The van der Waals surface area contributed by atoms with Crippen molar-refractivity contribution in [1.82, 2.24) is 24.1 Å². The van der Waals surface area contributed by atoms with E-state index in [2.05, 4.69) is 9.97 Å². The molecule has 0 bridgehead atoms. The SMILES string of the molecule is O=c1c2ncn(-c3ccccc3)c2nc(-c2ccc(-c3cnco3)cc2)n1-c1ccc(Cl)cc1. The molecule has 164 valence electrons. The first-order valence-corrected chi connectivity index (χ1v) is 10.9. The van der Waals surface area contributed by atoms with Gasteiger partial charge in [0.05, 0.1) is 11.9 Å². The third-order valence-electron chi connectivity index (χ3n) is 5.55. The molecule has 0 saturated carbocycles. The predicted octanol–water partition coefficient (Wildman–Crippen LogP) is 5.55. The topological polar surface area (TPSA) is 78.7 Å². The zero-order chi connectivity index (χ0) is 23.1. The molecule has 3 heterocycles. The lowest BCUT2D eigenvalue weighted by Gasteiger charge is -2.14. The minimum Gasteiger partial charge on any atom is -0.444 e. The Morgan fingerprint density at radius 3 is 2.26 bits per heavy atom. The molecule has 3 aromatic heterocycles. The number of hydrogen-bond donors (Lipinski definition) is 0. The summed E-state index contributed by atoms with van der Waals surface area (Å²) >= 11 is 6.10. The molecule has 3 aromatic carbocycles. The van der Waals surface area contributed by atoms with Crippen molar-refractivity contribution in [3.8, 4) is 34.1 Å². The van der Waals surface area contributed by atoms with E-state index in [0.29, 0.717) is 27.9 Å². The Morgan fingerprint density at radius 1 is 0.824 bits per heavy atom. The van der Waals surface area contributed by atoms with Crippen LogP contribution in [0.5, 0.6) is 0 Å². The van der Waals surface area contributed by atoms with Gasteiger partial charge in [-0.05, 0) is 36.4 Å². The normalized spacial score (nSPS) is 11.2. The maximum atomic E-state index is 13.7. The maximum absolute atomic E-state index is 13.7. The van der Waals surface area contributed by atoms with Crippen molar-refractivity contribution >= 4 is 22.8 Å². The minimum absolute atomic E-state index is 0.267. The van der Waals surface area contributed by atoms with Crippen molar-refractivity contribution in [2.24, 2.45) is 0 Å². The van der Waals surface area contributed by atoms with Gasteiger partial charge in [-0.1, -0.05) is 54.1 Å². The highest BCUT2D eigenvalue weighted by atomic mass is 35.5. The van der Waals surface area contributed by atoms with Crippen LogP contribution in [0, 0.1) is 0 Å². The van der Waals surface area contributed by atoms with E-state index in [9.17, 15) is 4.79 Å². The lowest BCUT2D eigenvalue weighted by Crippen LogP contribution is -2.22. The first kappa shape index (κ1) is 20.1. The highest BCUT2D eigenvalue weighted by molar-refractivity contribution is 6.30. The fourth-order valence-corrected chi connectivity index (χ4v) is 4.02. The summed E-state index contributed by atoms with van der Waals surface area (Å²) in [5.74, 6) is 1.15. The molecule has 6 aromatic rings. The van der Waals surface area contributed by atoms with Crippen LogP contribution in [-0.4, -0.2) is 24.1 Å². The van der Waals surface area contributed by atoms with Gasteiger partial charge < -0.3 is 4.42 Å². The van der Waals surface area contributed by atoms with Gasteiger partial charge in [0.15, 0.2) is 23.3 Å². The summed E-state index contributed by atoms with van der Waals surface area (Å²) in [5.41, 5.74) is 3.64. The number of nitrogens with zero attached hydrogens (tertiary/aromatic N) is 5. The van der Waals surface area contributed by atoms with E-state index in [1.165, 1.54) is 6.39 Å². The number of fused-ring (bicyclic) bond motifs is 1. The lowest BCUT2D eigenvalue weighted by atomic mass is 10.1. The number of aromatic nitrogens is 5. The number of rotatable bonds is 4. The molecule has 0 aliphatic heterocycles. The van der Waals surface area contributed by atoms with Crippen molar-refractivity contribution in [1.29, 1.82) is 0 Å². The monoisotopic (exact) mass is 465 g/mol. The van der Waals surface area contributed by atoms with Gasteiger partial charge in [-0.3, -0.25) is 13.9 Å². The van der Waals surface area contributed by atoms with Crippen LogP contribution in [-0.2, 0) is 0 Å². The Hall–Kier alpha value is -4.49. The summed E-state index contributed by atoms with van der Waals surface area (Å²) in [7, 11) is 0. The van der Waals surface area contributed by atoms with Crippen molar-refractivity contribution in [2.75, 3.05) is 0 Å². The average Bonchev–Trinajstić information content (AvgIpc) is 3.56. The Kier molecular flexibility index (Phi) is 4.82. The van der Waals surface area contributed by atoms with E-state index in [-0.39, 0.29) is 11.1 Å². The fraction of sp³-hybridized carbons (Fsp3) is 0. The van der Waals surface area contributed by atoms with Gasteiger partial charge in [0.1, 0.15) is 12.2 Å². The predicted molar refractivity (Wildman–Crippen MR) is 130 cm³/mol. The van der Waals surface area contributed by atoms with Gasteiger partial charge in [-0.15, -0.1) is 0 Å². The molecule has 0 N–H and O–H groups in total. The molecule has 0 aliphatic carbocycles. The molecule has 0 unspecified atom stereocenters. The Bertz CT molecular complexity index is 1650. The molecule has 34 heavy (non-hydrogen) atoms. The molecule has 0 radical (unpaired) electrons. The maximum Gasteiger partial charge on any atom is 0.286 e. The number of para-hydroxylation sites is 1. The van der Waals surface area contributed by atoms with Crippen LogP contribution in [0.2, 0.25) is 5.02 Å². The van der Waals surface area contributed by atoms with Crippen LogP contribution in [0.4, 0.5) is 0 Å². The van der Waals surface area contributed by atoms with E-state index in [1.807, 2.05) is 59.2 Å². The van der Waals surface area contributed by atoms with Gasteiger partial charge >= 0.3 is 0 Å². The van der Waals surface area contributed by atoms with E-state index < -0.39 is 0 Å². The van der Waals surface area contributed by atoms with E-state index in [1.54, 1.807) is 41.4 Å². The standard InChI is InChI=1S/C26H16ClN5O2/c27-19-10-12-21(13-11-19)32-24(18-8-6-17(7-9-18)22-14-28-16-34-22)30-25-23(26(32)33)29-15-31(25)20-4-2-1-3-5-20/h1-16H. The zero-order valence-electron chi connectivity index (χ0n) is 17.7. The molecular formula is C26H16ClN5O2. The molecule has 7 nitrogen and oxygen atoms in total. The van der Waals surface area contributed by atoms with E-state index in [0.717, 1.165) is 16.8 Å². The van der Waals surface area contributed by atoms with Crippen molar-refractivity contribution in [3.63, 3.8) is 0 Å². The van der Waals surface area contributed by atoms with Gasteiger partial charge in [-0.25, -0.2) is 15.0 Å². The summed E-state index contributed by atoms with van der Waals surface area (Å²) in [4.78, 5) is 27.0. The second-order valence-electron chi connectivity index (χ2n) is 7.62. The first-order chi connectivity index (χ1) is 16.7. The molecular weight excluding hydrogens is 450 g/mol. The molecule has 6 rings (SSSR count). The first-order valence-electron chi connectivity index (χ1n) is 10.5. The molecule has 0 spiro atoms. The van der Waals surface area contributed by atoms with Crippen molar-refractivity contribution in [2.45, 2.75) is 0 Å². The molecule has 0 atom stereocenters. The van der Waals surface area contributed by atoms with Crippen molar-refractivity contribution in [3.05, 3.63) is 113 Å². The average molecular weight is 466 g/mol. The highest BCUT2D eigenvalue weighted by Gasteiger charge is 2.19. The number of hydrogen-bond acceptors (Lipinski definition) is 5. The smallest absolute Gasteiger partial charge is 0.286 e. The number of halogens is 1. The van der Waals surface area contributed by atoms with Crippen molar-refractivity contribution < 1.29 is 4.42 Å². The Balaban J connectivity index is 1.61. The summed E-state index contributed by atoms with van der Waals surface area (Å²) in [5, 5.41) is 0.581. The van der Waals surface area contributed by atoms with E-state index in [4.69, 9.17) is 21.0 Å². The second kappa shape index (κ2) is 8.13. The largest absolute Gasteiger partial charge is 0.444 e.